The number of anilines is 1. The van der Waals surface area contributed by atoms with Gasteiger partial charge in [0, 0.05) is 12.6 Å². The van der Waals surface area contributed by atoms with Crippen molar-refractivity contribution in [2.45, 2.75) is 62.6 Å². The molecule has 246 valence electrons. The Bertz CT molecular complexity index is 1710. The van der Waals surface area contributed by atoms with Gasteiger partial charge in [-0.15, -0.1) is 0 Å². The summed E-state index contributed by atoms with van der Waals surface area (Å²) < 4.78 is 40.5. The number of para-hydroxylation sites is 1. The Labute approximate surface area is 277 Å². The first-order valence-electron chi connectivity index (χ1n) is 15.9. The van der Waals surface area contributed by atoms with Gasteiger partial charge in [0.25, 0.3) is 10.0 Å². The fraction of sp³-hybridized carbons (Fsp3) is 0.297. The van der Waals surface area contributed by atoms with Crippen LogP contribution in [0.25, 0.3) is 0 Å². The lowest BCUT2D eigenvalue weighted by Gasteiger charge is -2.33. The first-order valence-corrected chi connectivity index (χ1v) is 17.3. The van der Waals surface area contributed by atoms with Gasteiger partial charge in [-0.05, 0) is 86.0 Å². The average Bonchev–Trinajstić information content (AvgIpc) is 3.11. The van der Waals surface area contributed by atoms with E-state index >= 15 is 0 Å². The third kappa shape index (κ3) is 8.71. The molecule has 1 atom stereocenters. The minimum Gasteiger partial charge on any atom is -0.497 e. The van der Waals surface area contributed by atoms with Crippen LogP contribution in [0.15, 0.2) is 114 Å². The highest BCUT2D eigenvalue weighted by molar-refractivity contribution is 7.92. The van der Waals surface area contributed by atoms with E-state index in [1.54, 1.807) is 68.6 Å². The van der Waals surface area contributed by atoms with Crippen LogP contribution in [0.5, 0.6) is 17.2 Å². The number of hydrogen-bond acceptors (Lipinski definition) is 6. The molecular weight excluding hydrogens is 614 g/mol. The molecule has 5 rings (SSSR count). The molecular formula is C37H41N3O6S. The van der Waals surface area contributed by atoms with Gasteiger partial charge >= 0.3 is 0 Å². The van der Waals surface area contributed by atoms with Crippen LogP contribution in [-0.4, -0.2) is 50.9 Å². The van der Waals surface area contributed by atoms with Crippen LogP contribution >= 0.6 is 0 Å². The summed E-state index contributed by atoms with van der Waals surface area (Å²) in [5.41, 5.74) is 1.06. The molecule has 0 spiro atoms. The highest BCUT2D eigenvalue weighted by Crippen LogP contribution is 2.29. The van der Waals surface area contributed by atoms with Gasteiger partial charge in [0.1, 0.15) is 29.8 Å². The van der Waals surface area contributed by atoms with Gasteiger partial charge in [-0.3, -0.25) is 13.9 Å². The minimum absolute atomic E-state index is 0.0437. The number of nitrogens with zero attached hydrogens (tertiary/aromatic N) is 2. The van der Waals surface area contributed by atoms with Crippen molar-refractivity contribution in [1.82, 2.24) is 10.2 Å². The van der Waals surface area contributed by atoms with Gasteiger partial charge in [-0.1, -0.05) is 67.8 Å². The summed E-state index contributed by atoms with van der Waals surface area (Å²) in [7, 11) is -2.60. The van der Waals surface area contributed by atoms with E-state index in [-0.39, 0.29) is 29.1 Å². The maximum absolute atomic E-state index is 14.3. The standard InChI is InChI=1S/C37H41N3O6S/c1-28(37(42)38-30-12-6-3-7-13-30)39(26-29-18-22-32(45-2)23-19-29)36(41)27-40(47(43,44)35-16-10-5-11-17-35)31-20-24-34(25-21-31)46-33-14-8-4-9-15-33/h4-5,8-11,14-25,28,30H,3,6-7,12-13,26-27H2,1-2H3,(H,38,42)/t28-/m1/s1. The van der Waals surface area contributed by atoms with Crippen molar-refractivity contribution in [2.24, 2.45) is 0 Å². The monoisotopic (exact) mass is 655 g/mol. The van der Waals surface area contributed by atoms with Gasteiger partial charge in [0.2, 0.25) is 11.8 Å². The molecule has 1 saturated carbocycles. The second-order valence-corrected chi connectivity index (χ2v) is 13.5. The van der Waals surface area contributed by atoms with Crippen LogP contribution in [0.2, 0.25) is 0 Å². The number of carbonyl (C=O) groups is 2. The lowest BCUT2D eigenvalue weighted by atomic mass is 9.95. The summed E-state index contributed by atoms with van der Waals surface area (Å²) in [6.45, 7) is 1.27. The largest absolute Gasteiger partial charge is 0.497 e. The van der Waals surface area contributed by atoms with Crippen LogP contribution in [-0.2, 0) is 26.2 Å². The number of methoxy groups -OCH3 is 1. The first-order chi connectivity index (χ1) is 22.7. The maximum atomic E-state index is 14.3. The fourth-order valence-electron chi connectivity index (χ4n) is 5.63. The molecule has 2 amide bonds. The number of rotatable bonds is 13. The van der Waals surface area contributed by atoms with Crippen LogP contribution in [0, 0.1) is 0 Å². The molecule has 0 bridgehead atoms. The van der Waals surface area contributed by atoms with Gasteiger partial charge in [0.05, 0.1) is 17.7 Å². The molecule has 0 saturated heterocycles. The van der Waals surface area contributed by atoms with E-state index < -0.39 is 28.5 Å². The summed E-state index contributed by atoms with van der Waals surface area (Å²) in [5, 5.41) is 3.13. The first kappa shape index (κ1) is 33.5. The van der Waals surface area contributed by atoms with E-state index in [1.165, 1.54) is 17.0 Å². The van der Waals surface area contributed by atoms with Crippen LogP contribution in [0.1, 0.15) is 44.6 Å². The zero-order valence-corrected chi connectivity index (χ0v) is 27.6. The average molecular weight is 656 g/mol. The molecule has 1 fully saturated rings. The summed E-state index contributed by atoms with van der Waals surface area (Å²) in [4.78, 5) is 29.3. The Morgan fingerprint density at radius 3 is 1.98 bits per heavy atom. The molecule has 0 aliphatic heterocycles. The van der Waals surface area contributed by atoms with E-state index in [1.807, 2.05) is 42.5 Å². The Kier molecular flexibility index (Phi) is 11.2. The van der Waals surface area contributed by atoms with Gasteiger partial charge in [-0.2, -0.15) is 0 Å². The molecule has 0 radical (unpaired) electrons. The van der Waals surface area contributed by atoms with E-state index in [4.69, 9.17) is 9.47 Å². The Morgan fingerprint density at radius 2 is 1.36 bits per heavy atom. The molecule has 1 aliphatic rings. The lowest BCUT2D eigenvalue weighted by Crippen LogP contribution is -2.53. The second-order valence-electron chi connectivity index (χ2n) is 11.6. The van der Waals surface area contributed by atoms with E-state index in [0.717, 1.165) is 42.0 Å². The number of hydrogen-bond donors (Lipinski definition) is 1. The van der Waals surface area contributed by atoms with Gasteiger partial charge in [-0.25, -0.2) is 8.42 Å². The predicted octanol–water partition coefficient (Wildman–Crippen LogP) is 6.55. The molecule has 0 heterocycles. The third-order valence-electron chi connectivity index (χ3n) is 8.34. The Balaban J connectivity index is 1.45. The van der Waals surface area contributed by atoms with Crippen LogP contribution in [0.4, 0.5) is 5.69 Å². The molecule has 0 unspecified atom stereocenters. The van der Waals surface area contributed by atoms with E-state index in [2.05, 4.69) is 5.32 Å². The van der Waals surface area contributed by atoms with Crippen LogP contribution < -0.4 is 19.1 Å². The number of carbonyl (C=O) groups excluding carboxylic acids is 2. The van der Waals surface area contributed by atoms with E-state index in [9.17, 15) is 18.0 Å². The van der Waals surface area contributed by atoms with Crippen molar-refractivity contribution in [2.75, 3.05) is 18.0 Å². The Hall–Kier alpha value is -4.83. The predicted molar refractivity (Wildman–Crippen MR) is 182 cm³/mol. The van der Waals surface area contributed by atoms with Crippen molar-refractivity contribution in [3.63, 3.8) is 0 Å². The third-order valence-corrected chi connectivity index (χ3v) is 10.1. The highest BCUT2D eigenvalue weighted by Gasteiger charge is 2.33. The second kappa shape index (κ2) is 15.6. The zero-order valence-electron chi connectivity index (χ0n) is 26.7. The number of sulfonamides is 1. The molecule has 10 heteroatoms. The van der Waals surface area contributed by atoms with Crippen LogP contribution in [0.3, 0.4) is 0 Å². The molecule has 0 aromatic heterocycles. The zero-order chi connectivity index (χ0) is 33.2. The summed E-state index contributed by atoms with van der Waals surface area (Å²) in [5.74, 6) is 1.03. The smallest absolute Gasteiger partial charge is 0.264 e. The maximum Gasteiger partial charge on any atom is 0.264 e. The molecule has 1 aliphatic carbocycles. The van der Waals surface area contributed by atoms with Crippen molar-refractivity contribution in [1.29, 1.82) is 0 Å². The molecule has 4 aromatic carbocycles. The summed E-state index contributed by atoms with van der Waals surface area (Å²) >= 11 is 0. The van der Waals surface area contributed by atoms with Gasteiger partial charge in [0.15, 0.2) is 0 Å². The normalized spacial score (nSPS) is 14.1. The topological polar surface area (TPSA) is 105 Å². The molecule has 4 aromatic rings. The highest BCUT2D eigenvalue weighted by atomic mass is 32.2. The lowest BCUT2D eigenvalue weighted by molar-refractivity contribution is -0.139. The summed E-state index contributed by atoms with van der Waals surface area (Å²) in [6.07, 6.45) is 5.05. The number of benzene rings is 4. The Morgan fingerprint density at radius 1 is 0.787 bits per heavy atom. The van der Waals surface area contributed by atoms with Crippen molar-refractivity contribution in [3.8, 4) is 17.2 Å². The minimum atomic E-state index is -4.18. The molecule has 9 nitrogen and oxygen atoms in total. The van der Waals surface area contributed by atoms with Crippen molar-refractivity contribution < 1.29 is 27.5 Å². The quantitative estimate of drug-likeness (QED) is 0.175. The number of ether oxygens (including phenoxy) is 2. The molecule has 47 heavy (non-hydrogen) atoms. The summed E-state index contributed by atoms with van der Waals surface area (Å²) in [6, 6.07) is 30.2. The van der Waals surface area contributed by atoms with Crippen molar-refractivity contribution in [3.05, 3.63) is 115 Å². The fourth-order valence-corrected chi connectivity index (χ4v) is 7.07. The SMILES string of the molecule is COc1ccc(CN(C(=O)CN(c2ccc(Oc3ccccc3)cc2)S(=O)(=O)c2ccccc2)[C@H](C)C(=O)NC2CCCCC2)cc1. The van der Waals surface area contributed by atoms with Gasteiger partial charge < -0.3 is 19.7 Å². The van der Waals surface area contributed by atoms with E-state index in [0.29, 0.717) is 17.2 Å². The van der Waals surface area contributed by atoms with Crippen molar-refractivity contribution >= 4 is 27.5 Å². The number of amides is 2. The number of nitrogens with one attached hydrogen (secondary N) is 1. The molecule has 1 N–H and O–H groups in total.